The van der Waals surface area contributed by atoms with Gasteiger partial charge in [-0.2, -0.15) is 18.4 Å². The molecule has 1 heterocycles. The predicted octanol–water partition coefficient (Wildman–Crippen LogP) is 2.80. The maximum atomic E-state index is 12.1. The van der Waals surface area contributed by atoms with Crippen LogP contribution in [-0.4, -0.2) is 11.2 Å². The third-order valence-electron chi connectivity index (χ3n) is 1.91. The normalized spacial score (nSPS) is 11.6. The molecule has 1 aromatic heterocycles. The number of benzene rings is 1. The van der Waals surface area contributed by atoms with Gasteiger partial charge in [-0.3, -0.25) is 0 Å². The van der Waals surface area contributed by atoms with Gasteiger partial charge in [-0.25, -0.2) is 4.98 Å². The molecule has 0 aliphatic carbocycles. The molecule has 2 aromatic rings. The van der Waals surface area contributed by atoms with Crippen molar-refractivity contribution >= 4 is 11.1 Å². The fourth-order valence-electron chi connectivity index (χ4n) is 1.29. The standard InChI is InChI=1S/C10H5F3N2O/c11-10(12,13)4-9-15-7-3-6(5-14)1-2-8(7)16-9/h1-3H,4H2. The predicted molar refractivity (Wildman–Crippen MR) is 48.5 cm³/mol. The average molecular weight is 226 g/mol. The van der Waals surface area contributed by atoms with Crippen molar-refractivity contribution in [2.75, 3.05) is 0 Å². The molecule has 0 saturated heterocycles. The Labute approximate surface area is 88.1 Å². The van der Waals surface area contributed by atoms with Crippen molar-refractivity contribution in [2.45, 2.75) is 12.6 Å². The Kier molecular flexibility index (Phi) is 2.31. The van der Waals surface area contributed by atoms with Crippen LogP contribution in [0.1, 0.15) is 11.5 Å². The van der Waals surface area contributed by atoms with E-state index < -0.39 is 18.5 Å². The van der Waals surface area contributed by atoms with Gasteiger partial charge in [-0.05, 0) is 18.2 Å². The zero-order valence-corrected chi connectivity index (χ0v) is 7.88. The highest BCUT2D eigenvalue weighted by molar-refractivity contribution is 5.74. The molecule has 3 nitrogen and oxygen atoms in total. The summed E-state index contributed by atoms with van der Waals surface area (Å²) in [4.78, 5) is 3.67. The van der Waals surface area contributed by atoms with Crippen LogP contribution >= 0.6 is 0 Å². The minimum atomic E-state index is -4.35. The van der Waals surface area contributed by atoms with Gasteiger partial charge in [0.15, 0.2) is 5.58 Å². The molecule has 1 aromatic carbocycles. The molecular weight excluding hydrogens is 221 g/mol. The second-order valence-corrected chi connectivity index (χ2v) is 3.19. The monoisotopic (exact) mass is 226 g/mol. The molecule has 0 bridgehead atoms. The Morgan fingerprint density at radius 1 is 1.38 bits per heavy atom. The summed E-state index contributed by atoms with van der Waals surface area (Å²) in [6, 6.07) is 6.15. The van der Waals surface area contributed by atoms with Crippen LogP contribution < -0.4 is 0 Å². The van der Waals surface area contributed by atoms with Gasteiger partial charge in [-0.1, -0.05) is 0 Å². The van der Waals surface area contributed by atoms with E-state index in [0.717, 1.165) is 0 Å². The Morgan fingerprint density at radius 2 is 2.12 bits per heavy atom. The highest BCUT2D eigenvalue weighted by Crippen LogP contribution is 2.24. The molecule has 0 aliphatic rings. The molecule has 16 heavy (non-hydrogen) atoms. The van der Waals surface area contributed by atoms with Gasteiger partial charge in [-0.15, -0.1) is 0 Å². The quantitative estimate of drug-likeness (QED) is 0.751. The highest BCUT2D eigenvalue weighted by atomic mass is 19.4. The lowest BCUT2D eigenvalue weighted by Crippen LogP contribution is -2.11. The number of hydrogen-bond acceptors (Lipinski definition) is 3. The Bertz CT molecular complexity index is 565. The van der Waals surface area contributed by atoms with Crippen LogP contribution in [0.15, 0.2) is 22.6 Å². The van der Waals surface area contributed by atoms with Gasteiger partial charge in [0.1, 0.15) is 11.9 Å². The van der Waals surface area contributed by atoms with Gasteiger partial charge >= 0.3 is 6.18 Å². The molecule has 0 saturated carbocycles. The van der Waals surface area contributed by atoms with Crippen molar-refractivity contribution in [1.82, 2.24) is 4.98 Å². The van der Waals surface area contributed by atoms with E-state index >= 15 is 0 Å². The highest BCUT2D eigenvalue weighted by Gasteiger charge is 2.30. The van der Waals surface area contributed by atoms with Crippen LogP contribution in [0.2, 0.25) is 0 Å². The number of fused-ring (bicyclic) bond motifs is 1. The SMILES string of the molecule is N#Cc1ccc2oc(CC(F)(F)F)nc2c1. The van der Waals surface area contributed by atoms with E-state index in [4.69, 9.17) is 9.68 Å². The van der Waals surface area contributed by atoms with E-state index in [2.05, 4.69) is 4.98 Å². The maximum absolute atomic E-state index is 12.1. The van der Waals surface area contributed by atoms with E-state index in [-0.39, 0.29) is 11.1 Å². The van der Waals surface area contributed by atoms with Gasteiger partial charge in [0.05, 0.1) is 11.6 Å². The fourth-order valence-corrected chi connectivity index (χ4v) is 1.29. The van der Waals surface area contributed by atoms with E-state index in [1.165, 1.54) is 18.2 Å². The first-order valence-electron chi connectivity index (χ1n) is 4.34. The molecule has 0 radical (unpaired) electrons. The Hall–Kier alpha value is -2.03. The first-order valence-corrected chi connectivity index (χ1v) is 4.34. The van der Waals surface area contributed by atoms with E-state index in [0.29, 0.717) is 5.56 Å². The van der Waals surface area contributed by atoms with E-state index in [1.807, 2.05) is 6.07 Å². The second kappa shape index (κ2) is 3.52. The van der Waals surface area contributed by atoms with Crippen LogP contribution in [0.4, 0.5) is 13.2 Å². The van der Waals surface area contributed by atoms with Crippen molar-refractivity contribution in [3.8, 4) is 6.07 Å². The Balaban J connectivity index is 2.41. The third-order valence-corrected chi connectivity index (χ3v) is 1.91. The van der Waals surface area contributed by atoms with Crippen molar-refractivity contribution in [3.05, 3.63) is 29.7 Å². The Morgan fingerprint density at radius 3 is 2.75 bits per heavy atom. The van der Waals surface area contributed by atoms with Crippen molar-refractivity contribution in [2.24, 2.45) is 0 Å². The number of alkyl halides is 3. The van der Waals surface area contributed by atoms with Crippen LogP contribution in [0.5, 0.6) is 0 Å². The van der Waals surface area contributed by atoms with E-state index in [9.17, 15) is 13.2 Å². The zero-order valence-electron chi connectivity index (χ0n) is 7.88. The minimum absolute atomic E-state index is 0.248. The number of aromatic nitrogens is 1. The van der Waals surface area contributed by atoms with Crippen molar-refractivity contribution in [1.29, 1.82) is 5.26 Å². The molecule has 82 valence electrons. The number of hydrogen-bond donors (Lipinski definition) is 0. The summed E-state index contributed by atoms with van der Waals surface area (Å²) in [6.45, 7) is 0. The number of nitrogens with zero attached hydrogens (tertiary/aromatic N) is 2. The number of nitriles is 1. The third kappa shape index (κ3) is 2.14. The summed E-state index contributed by atoms with van der Waals surface area (Å²) in [5.74, 6) is -0.391. The summed E-state index contributed by atoms with van der Waals surface area (Å²) < 4.78 is 41.1. The smallest absolute Gasteiger partial charge is 0.397 e. The van der Waals surface area contributed by atoms with Crippen molar-refractivity contribution < 1.29 is 17.6 Å². The van der Waals surface area contributed by atoms with Crippen molar-refractivity contribution in [3.63, 3.8) is 0 Å². The summed E-state index contributed by atoms with van der Waals surface area (Å²) >= 11 is 0. The summed E-state index contributed by atoms with van der Waals surface area (Å²) in [5.41, 5.74) is 0.843. The second-order valence-electron chi connectivity index (χ2n) is 3.19. The molecule has 0 amide bonds. The molecule has 0 spiro atoms. The van der Waals surface area contributed by atoms with Gasteiger partial charge < -0.3 is 4.42 Å². The van der Waals surface area contributed by atoms with Gasteiger partial charge in [0.2, 0.25) is 5.89 Å². The molecular formula is C10H5F3N2O. The molecule has 2 rings (SSSR count). The van der Waals surface area contributed by atoms with Crippen LogP contribution in [0.3, 0.4) is 0 Å². The molecule has 0 fully saturated rings. The van der Waals surface area contributed by atoms with Gasteiger partial charge in [0, 0.05) is 0 Å². The minimum Gasteiger partial charge on any atom is -0.440 e. The van der Waals surface area contributed by atoms with Crippen LogP contribution in [-0.2, 0) is 6.42 Å². The lowest BCUT2D eigenvalue weighted by atomic mass is 10.2. The number of rotatable bonds is 1. The maximum Gasteiger partial charge on any atom is 0.397 e. The lowest BCUT2D eigenvalue weighted by Gasteiger charge is -2.00. The molecule has 0 unspecified atom stereocenters. The largest absolute Gasteiger partial charge is 0.440 e. The first-order chi connectivity index (χ1) is 7.48. The summed E-state index contributed by atoms with van der Waals surface area (Å²) in [7, 11) is 0. The topological polar surface area (TPSA) is 49.8 Å². The zero-order chi connectivity index (χ0) is 11.8. The fraction of sp³-hybridized carbons (Fsp3) is 0.200. The molecule has 0 N–H and O–H groups in total. The average Bonchev–Trinajstić information content (AvgIpc) is 2.55. The van der Waals surface area contributed by atoms with E-state index in [1.54, 1.807) is 0 Å². The summed E-state index contributed by atoms with van der Waals surface area (Å²) in [5, 5.41) is 8.60. The number of halogens is 3. The van der Waals surface area contributed by atoms with Gasteiger partial charge in [0.25, 0.3) is 0 Å². The van der Waals surface area contributed by atoms with Crippen LogP contribution in [0, 0.1) is 11.3 Å². The number of oxazole rings is 1. The lowest BCUT2D eigenvalue weighted by molar-refractivity contribution is -0.130. The molecule has 0 aliphatic heterocycles. The summed E-state index contributed by atoms with van der Waals surface area (Å²) in [6.07, 6.45) is -5.55. The molecule has 0 atom stereocenters. The molecule has 6 heteroatoms. The van der Waals surface area contributed by atoms with Crippen LogP contribution in [0.25, 0.3) is 11.1 Å². The first kappa shape index (κ1) is 10.5.